The summed E-state index contributed by atoms with van der Waals surface area (Å²) in [4.78, 5) is 24.2. The Labute approximate surface area is 104 Å². The van der Waals surface area contributed by atoms with Crippen molar-refractivity contribution in [3.05, 3.63) is 11.1 Å². The van der Waals surface area contributed by atoms with Gasteiger partial charge in [-0.3, -0.25) is 9.59 Å². The lowest BCUT2D eigenvalue weighted by Gasteiger charge is -2.30. The lowest BCUT2D eigenvalue weighted by Crippen LogP contribution is -2.32. The fourth-order valence-electron chi connectivity index (χ4n) is 2.81. The highest BCUT2D eigenvalue weighted by Gasteiger charge is 2.37. The van der Waals surface area contributed by atoms with Crippen molar-refractivity contribution < 1.29 is 9.59 Å². The Morgan fingerprint density at radius 2 is 1.53 bits per heavy atom. The molecule has 1 saturated carbocycles. The van der Waals surface area contributed by atoms with Gasteiger partial charge < -0.3 is 0 Å². The molecule has 0 bridgehead atoms. The molecular weight excluding hydrogens is 212 g/mol. The topological polar surface area (TPSA) is 34.1 Å². The third-order valence-electron chi connectivity index (χ3n) is 3.83. The highest BCUT2D eigenvalue weighted by Crippen LogP contribution is 2.36. The Balaban J connectivity index is 3.09. The minimum atomic E-state index is -0.161. The Hall–Kier alpha value is -0.920. The first-order valence-corrected chi connectivity index (χ1v) is 6.59. The number of ketones is 2. The van der Waals surface area contributed by atoms with Gasteiger partial charge in [-0.05, 0) is 31.1 Å². The Morgan fingerprint density at radius 3 is 1.88 bits per heavy atom. The number of carbonyl (C=O) groups is 2. The van der Waals surface area contributed by atoms with Gasteiger partial charge in [0, 0.05) is 12.8 Å². The monoisotopic (exact) mass is 236 g/mol. The molecule has 1 aliphatic carbocycles. The van der Waals surface area contributed by atoms with Crippen LogP contribution in [-0.2, 0) is 9.59 Å². The van der Waals surface area contributed by atoms with Crippen LogP contribution in [0.25, 0.3) is 0 Å². The molecule has 0 saturated heterocycles. The fraction of sp³-hybridized carbons (Fsp3) is 0.733. The molecule has 0 radical (unpaired) electrons. The zero-order valence-corrected chi connectivity index (χ0v) is 11.7. The molecule has 2 nitrogen and oxygen atoms in total. The van der Waals surface area contributed by atoms with Crippen molar-refractivity contribution in [2.24, 2.45) is 11.3 Å². The standard InChI is InChI=1S/C15H24O2/c1-6-11(7-2)10(3)14-12(16)8-15(4,5)9-13(14)17/h11H,6-9H2,1-5H3. The van der Waals surface area contributed by atoms with Gasteiger partial charge in [-0.15, -0.1) is 0 Å². The van der Waals surface area contributed by atoms with E-state index in [-0.39, 0.29) is 17.0 Å². The number of carbonyl (C=O) groups excluding carboxylic acids is 2. The summed E-state index contributed by atoms with van der Waals surface area (Å²) in [5.74, 6) is 0.477. The highest BCUT2D eigenvalue weighted by atomic mass is 16.1. The molecule has 0 aliphatic heterocycles. The second-order valence-electron chi connectivity index (χ2n) is 5.94. The maximum absolute atomic E-state index is 12.1. The second-order valence-corrected chi connectivity index (χ2v) is 5.94. The summed E-state index contributed by atoms with van der Waals surface area (Å²) in [5.41, 5.74) is 1.37. The van der Waals surface area contributed by atoms with Crippen LogP contribution in [0.4, 0.5) is 0 Å². The zero-order chi connectivity index (χ0) is 13.2. The van der Waals surface area contributed by atoms with Crippen molar-refractivity contribution in [1.29, 1.82) is 0 Å². The van der Waals surface area contributed by atoms with Crippen LogP contribution in [0.1, 0.15) is 60.3 Å². The molecule has 0 unspecified atom stereocenters. The van der Waals surface area contributed by atoms with Gasteiger partial charge in [0.15, 0.2) is 11.6 Å². The SMILES string of the molecule is CCC(CC)C(C)=C1C(=O)CC(C)(C)CC1=O. The van der Waals surface area contributed by atoms with Crippen molar-refractivity contribution in [3.8, 4) is 0 Å². The summed E-state index contributed by atoms with van der Waals surface area (Å²) >= 11 is 0. The Morgan fingerprint density at radius 1 is 1.12 bits per heavy atom. The van der Waals surface area contributed by atoms with Gasteiger partial charge in [-0.2, -0.15) is 0 Å². The van der Waals surface area contributed by atoms with E-state index in [9.17, 15) is 9.59 Å². The zero-order valence-electron chi connectivity index (χ0n) is 11.7. The van der Waals surface area contributed by atoms with Crippen LogP contribution in [0.5, 0.6) is 0 Å². The van der Waals surface area contributed by atoms with E-state index in [0.29, 0.717) is 24.3 Å². The van der Waals surface area contributed by atoms with Crippen molar-refractivity contribution in [1.82, 2.24) is 0 Å². The largest absolute Gasteiger partial charge is 0.294 e. The first-order valence-electron chi connectivity index (χ1n) is 6.59. The Bertz CT molecular complexity index is 335. The summed E-state index contributed by atoms with van der Waals surface area (Å²) in [7, 11) is 0. The molecule has 0 aromatic carbocycles. The molecule has 0 N–H and O–H groups in total. The highest BCUT2D eigenvalue weighted by molar-refractivity contribution is 6.22. The van der Waals surface area contributed by atoms with Crippen LogP contribution in [0.3, 0.4) is 0 Å². The van der Waals surface area contributed by atoms with E-state index >= 15 is 0 Å². The van der Waals surface area contributed by atoms with E-state index in [4.69, 9.17) is 0 Å². The molecule has 1 rings (SSSR count). The van der Waals surface area contributed by atoms with E-state index in [1.54, 1.807) is 0 Å². The fourth-order valence-corrected chi connectivity index (χ4v) is 2.81. The smallest absolute Gasteiger partial charge is 0.166 e. The summed E-state index contributed by atoms with van der Waals surface area (Å²) in [6.45, 7) is 10.2. The molecule has 1 aliphatic rings. The van der Waals surface area contributed by atoms with E-state index in [1.165, 1.54) is 0 Å². The average Bonchev–Trinajstić information content (AvgIpc) is 2.16. The average molecular weight is 236 g/mol. The van der Waals surface area contributed by atoms with Gasteiger partial charge in [-0.1, -0.05) is 33.3 Å². The van der Waals surface area contributed by atoms with Gasteiger partial charge in [-0.25, -0.2) is 0 Å². The number of hydrogen-bond acceptors (Lipinski definition) is 2. The van der Waals surface area contributed by atoms with Crippen LogP contribution >= 0.6 is 0 Å². The van der Waals surface area contributed by atoms with Gasteiger partial charge in [0.1, 0.15) is 0 Å². The third kappa shape index (κ3) is 3.05. The van der Waals surface area contributed by atoms with Gasteiger partial charge >= 0.3 is 0 Å². The van der Waals surface area contributed by atoms with Gasteiger partial charge in [0.25, 0.3) is 0 Å². The minimum Gasteiger partial charge on any atom is -0.294 e. The maximum atomic E-state index is 12.1. The summed E-state index contributed by atoms with van der Waals surface area (Å²) in [6, 6.07) is 0. The van der Waals surface area contributed by atoms with Crippen LogP contribution in [0.2, 0.25) is 0 Å². The van der Waals surface area contributed by atoms with E-state index in [0.717, 1.165) is 18.4 Å². The summed E-state index contributed by atoms with van der Waals surface area (Å²) in [6.07, 6.45) is 3.00. The first-order chi connectivity index (χ1) is 7.82. The van der Waals surface area contributed by atoms with E-state index in [2.05, 4.69) is 13.8 Å². The van der Waals surface area contributed by atoms with E-state index < -0.39 is 0 Å². The van der Waals surface area contributed by atoms with Crippen molar-refractivity contribution in [2.75, 3.05) is 0 Å². The molecule has 0 aromatic heterocycles. The first kappa shape index (κ1) is 14.1. The number of hydrogen-bond donors (Lipinski definition) is 0. The molecule has 2 heteroatoms. The minimum absolute atomic E-state index is 0.0515. The molecule has 96 valence electrons. The van der Waals surface area contributed by atoms with E-state index in [1.807, 2.05) is 20.8 Å². The Kier molecular flexibility index (Phi) is 4.29. The molecule has 1 fully saturated rings. The molecule has 0 heterocycles. The molecule has 0 aromatic rings. The summed E-state index contributed by atoms with van der Waals surface area (Å²) < 4.78 is 0. The predicted molar refractivity (Wildman–Crippen MR) is 69.8 cm³/mol. The molecule has 17 heavy (non-hydrogen) atoms. The van der Waals surface area contributed by atoms with Crippen LogP contribution < -0.4 is 0 Å². The van der Waals surface area contributed by atoms with Crippen molar-refractivity contribution in [2.45, 2.75) is 60.3 Å². The van der Waals surface area contributed by atoms with Crippen LogP contribution in [0.15, 0.2) is 11.1 Å². The van der Waals surface area contributed by atoms with Crippen LogP contribution in [0, 0.1) is 11.3 Å². The summed E-state index contributed by atoms with van der Waals surface area (Å²) in [5, 5.41) is 0. The molecule has 0 atom stereocenters. The number of Topliss-reactive ketones (excluding diaryl/α,β-unsaturated/α-hetero) is 2. The lowest BCUT2D eigenvalue weighted by atomic mass is 9.72. The second kappa shape index (κ2) is 5.16. The molecule has 0 amide bonds. The maximum Gasteiger partial charge on any atom is 0.166 e. The third-order valence-corrected chi connectivity index (χ3v) is 3.83. The van der Waals surface area contributed by atoms with Gasteiger partial charge in [0.2, 0.25) is 0 Å². The lowest BCUT2D eigenvalue weighted by molar-refractivity contribution is -0.127. The number of rotatable bonds is 3. The molecular formula is C15H24O2. The van der Waals surface area contributed by atoms with Crippen molar-refractivity contribution >= 4 is 11.6 Å². The van der Waals surface area contributed by atoms with Crippen molar-refractivity contribution in [3.63, 3.8) is 0 Å². The van der Waals surface area contributed by atoms with Crippen LogP contribution in [-0.4, -0.2) is 11.6 Å². The molecule has 0 spiro atoms. The quantitative estimate of drug-likeness (QED) is 0.553. The number of allylic oxidation sites excluding steroid dienone is 2. The normalized spacial score (nSPS) is 20.0. The predicted octanol–water partition coefficient (Wildman–Crippen LogP) is 3.70. The van der Waals surface area contributed by atoms with Gasteiger partial charge in [0.05, 0.1) is 5.57 Å².